The van der Waals surface area contributed by atoms with Crippen LogP contribution in [0.25, 0.3) is 10.9 Å². The van der Waals surface area contributed by atoms with E-state index in [9.17, 15) is 34.2 Å². The Morgan fingerprint density at radius 3 is 2.30 bits per heavy atom. The number of carboxylic acid groups (broad SMARTS) is 2. The summed E-state index contributed by atoms with van der Waals surface area (Å²) >= 11 is 6.17. The number of carbonyl (C=O) groups is 5. The Bertz CT molecular complexity index is 1540. The first-order chi connectivity index (χ1) is 21.1. The van der Waals surface area contributed by atoms with Gasteiger partial charge in [-0.1, -0.05) is 41.9 Å². The average molecular weight is 627 g/mol. The number of nitrogens with one attached hydrogen (secondary N) is 1. The second-order valence-corrected chi connectivity index (χ2v) is 10.3. The van der Waals surface area contributed by atoms with Crippen LogP contribution in [0.2, 0.25) is 5.02 Å². The Hall–Kier alpha value is -4.91. The maximum Gasteiger partial charge on any atom is 0.409 e. The van der Waals surface area contributed by atoms with Gasteiger partial charge in [0.05, 0.1) is 12.1 Å². The average Bonchev–Trinajstić information content (AvgIpc) is 3.01. The van der Waals surface area contributed by atoms with Crippen molar-refractivity contribution in [3.63, 3.8) is 0 Å². The number of halogens is 1. The zero-order valence-electron chi connectivity index (χ0n) is 23.8. The Balaban J connectivity index is 1.60. The van der Waals surface area contributed by atoms with Crippen molar-refractivity contribution in [3.05, 3.63) is 70.9 Å². The normalized spacial score (nSPS) is 14.4. The summed E-state index contributed by atoms with van der Waals surface area (Å²) < 4.78 is 10.9. The van der Waals surface area contributed by atoms with Gasteiger partial charge in [0.1, 0.15) is 17.5 Å². The smallest absolute Gasteiger partial charge is 0.409 e. The van der Waals surface area contributed by atoms with Gasteiger partial charge in [-0.25, -0.2) is 14.6 Å². The summed E-state index contributed by atoms with van der Waals surface area (Å²) in [5.74, 6) is -3.70. The van der Waals surface area contributed by atoms with Crippen LogP contribution in [0.4, 0.5) is 4.79 Å². The number of fused-ring (bicyclic) bond motifs is 1. The molecule has 0 bridgehead atoms. The summed E-state index contributed by atoms with van der Waals surface area (Å²) in [5.41, 5.74) is 0.403. The molecule has 1 unspecified atom stereocenters. The molecule has 44 heavy (non-hydrogen) atoms. The minimum atomic E-state index is -1.41. The predicted octanol–water partition coefficient (Wildman–Crippen LogP) is 3.36. The summed E-state index contributed by atoms with van der Waals surface area (Å²) in [4.78, 5) is 69.7. The molecule has 0 saturated carbocycles. The third kappa shape index (κ3) is 7.92. The van der Waals surface area contributed by atoms with Crippen LogP contribution in [0.1, 0.15) is 41.9 Å². The largest absolute Gasteiger partial charge is 0.481 e. The molecule has 2 heterocycles. The van der Waals surface area contributed by atoms with Crippen LogP contribution in [0, 0.1) is 0 Å². The Kier molecular flexibility index (Phi) is 10.6. The lowest BCUT2D eigenvalue weighted by Crippen LogP contribution is -2.56. The zero-order chi connectivity index (χ0) is 31.8. The van der Waals surface area contributed by atoms with Gasteiger partial charge in [-0.15, -0.1) is 0 Å². The van der Waals surface area contributed by atoms with Gasteiger partial charge in [0.15, 0.2) is 0 Å². The Morgan fingerprint density at radius 2 is 1.66 bits per heavy atom. The first-order valence-electron chi connectivity index (χ1n) is 13.8. The number of aromatic nitrogens is 1. The van der Waals surface area contributed by atoms with Crippen molar-refractivity contribution < 1.29 is 43.7 Å². The first-order valence-corrected chi connectivity index (χ1v) is 14.2. The summed E-state index contributed by atoms with van der Waals surface area (Å²) in [7, 11) is 0. The number of aliphatic carboxylic acids is 2. The lowest BCUT2D eigenvalue weighted by atomic mass is 10.1. The van der Waals surface area contributed by atoms with E-state index in [2.05, 4.69) is 10.3 Å². The fourth-order valence-electron chi connectivity index (χ4n) is 4.70. The van der Waals surface area contributed by atoms with E-state index in [1.165, 1.54) is 21.9 Å². The number of carboxylic acids is 2. The Morgan fingerprint density at radius 1 is 0.977 bits per heavy atom. The molecule has 4 rings (SSSR count). The topological polar surface area (TPSA) is 176 Å². The molecule has 2 aromatic carbocycles. The summed E-state index contributed by atoms with van der Waals surface area (Å²) in [6.07, 6.45) is -2.50. The van der Waals surface area contributed by atoms with E-state index in [0.29, 0.717) is 16.0 Å². The summed E-state index contributed by atoms with van der Waals surface area (Å²) in [6, 6.07) is 12.9. The maximum atomic E-state index is 13.5. The predicted molar refractivity (Wildman–Crippen MR) is 157 cm³/mol. The highest BCUT2D eigenvalue weighted by Crippen LogP contribution is 2.32. The number of pyridine rings is 1. The molecule has 0 radical (unpaired) electrons. The van der Waals surface area contributed by atoms with Crippen LogP contribution >= 0.6 is 11.6 Å². The fraction of sp³-hybridized carbons (Fsp3) is 0.333. The van der Waals surface area contributed by atoms with Crippen molar-refractivity contribution in [2.75, 3.05) is 32.8 Å². The van der Waals surface area contributed by atoms with Crippen molar-refractivity contribution >= 4 is 52.4 Å². The van der Waals surface area contributed by atoms with E-state index in [0.717, 1.165) is 0 Å². The van der Waals surface area contributed by atoms with Gasteiger partial charge >= 0.3 is 18.0 Å². The number of benzene rings is 2. The van der Waals surface area contributed by atoms with Crippen LogP contribution in [0.3, 0.4) is 0 Å². The first kappa shape index (κ1) is 32.0. The van der Waals surface area contributed by atoms with E-state index in [1.54, 1.807) is 49.4 Å². The number of carbonyl (C=O) groups excluding carboxylic acids is 3. The van der Waals surface area contributed by atoms with Crippen LogP contribution in [-0.2, 0) is 19.1 Å². The molecule has 1 saturated heterocycles. The van der Waals surface area contributed by atoms with Gasteiger partial charge in [0.25, 0.3) is 5.91 Å². The Labute approximate surface area is 257 Å². The highest BCUT2D eigenvalue weighted by atomic mass is 35.5. The van der Waals surface area contributed by atoms with E-state index in [4.69, 9.17) is 21.1 Å². The number of piperazine rings is 1. The lowest BCUT2D eigenvalue weighted by Gasteiger charge is -2.35. The molecular formula is C30H31ClN4O9. The molecule has 1 aliphatic rings. The zero-order valence-corrected chi connectivity index (χ0v) is 24.5. The molecule has 2 atom stereocenters. The number of hydrogen-bond acceptors (Lipinski definition) is 8. The lowest BCUT2D eigenvalue weighted by molar-refractivity contribution is -0.145. The van der Waals surface area contributed by atoms with Crippen molar-refractivity contribution in [1.29, 1.82) is 0 Å². The minimum absolute atomic E-state index is 0.0385. The molecule has 14 heteroatoms. The van der Waals surface area contributed by atoms with Crippen molar-refractivity contribution in [2.24, 2.45) is 0 Å². The third-order valence-corrected chi connectivity index (χ3v) is 7.14. The van der Waals surface area contributed by atoms with Gasteiger partial charge < -0.3 is 34.8 Å². The van der Waals surface area contributed by atoms with Crippen LogP contribution in [0.5, 0.6) is 5.75 Å². The second-order valence-electron chi connectivity index (χ2n) is 9.88. The summed E-state index contributed by atoms with van der Waals surface area (Å²) in [6.45, 7) is 2.66. The number of rotatable bonds is 11. The molecule has 13 nitrogen and oxygen atoms in total. The van der Waals surface area contributed by atoms with E-state index >= 15 is 0 Å². The van der Waals surface area contributed by atoms with Gasteiger partial charge in [0.2, 0.25) is 12.0 Å². The third-order valence-electron chi connectivity index (χ3n) is 6.91. The SMILES string of the molecule is CCOC(=O)N1CCN(C(=O)[C@H](CCC(=O)O)NC(=O)c2cc(OC(C(=O)O)c3ccccc3)c3ccc(Cl)cc3n2)CC1. The molecule has 3 amide bonds. The molecule has 0 spiro atoms. The molecule has 232 valence electrons. The molecule has 0 aliphatic carbocycles. The van der Waals surface area contributed by atoms with Crippen molar-refractivity contribution in [2.45, 2.75) is 31.9 Å². The number of ether oxygens (including phenoxy) is 2. The van der Waals surface area contributed by atoms with Gasteiger partial charge in [-0.3, -0.25) is 14.4 Å². The van der Waals surface area contributed by atoms with Crippen LogP contribution in [0.15, 0.2) is 54.6 Å². The molecule has 1 fully saturated rings. The standard InChI is InChI=1S/C30H31ClN4O9/c1-2-43-30(42)35-14-12-34(13-15-35)28(39)21(10-11-25(36)37)33-27(38)23-17-24(20-9-8-19(31)16-22(20)32-23)44-26(29(40)41)18-6-4-3-5-7-18/h3-9,16-17,21,26H,2,10-15H2,1H3,(H,33,38)(H,36,37)(H,40,41)/t21-,26?/m0/s1. The highest BCUT2D eigenvalue weighted by molar-refractivity contribution is 6.31. The summed E-state index contributed by atoms with van der Waals surface area (Å²) in [5, 5.41) is 22.5. The van der Waals surface area contributed by atoms with E-state index < -0.39 is 48.4 Å². The molecular weight excluding hydrogens is 596 g/mol. The molecule has 1 aromatic heterocycles. The van der Waals surface area contributed by atoms with Gasteiger partial charge in [-0.2, -0.15) is 0 Å². The van der Waals surface area contributed by atoms with Crippen molar-refractivity contribution in [3.8, 4) is 5.75 Å². The quantitative estimate of drug-likeness (QED) is 0.286. The number of amides is 3. The molecule has 3 N–H and O–H groups in total. The van der Waals surface area contributed by atoms with E-state index in [-0.39, 0.29) is 56.2 Å². The maximum absolute atomic E-state index is 13.5. The highest BCUT2D eigenvalue weighted by Gasteiger charge is 2.32. The number of hydrogen-bond donors (Lipinski definition) is 3. The van der Waals surface area contributed by atoms with Gasteiger partial charge in [0, 0.05) is 54.6 Å². The van der Waals surface area contributed by atoms with E-state index in [1.807, 2.05) is 0 Å². The monoisotopic (exact) mass is 626 g/mol. The van der Waals surface area contributed by atoms with Gasteiger partial charge in [-0.05, 0) is 31.5 Å². The van der Waals surface area contributed by atoms with Crippen LogP contribution < -0.4 is 10.1 Å². The number of nitrogens with zero attached hydrogens (tertiary/aromatic N) is 3. The molecule has 3 aromatic rings. The fourth-order valence-corrected chi connectivity index (χ4v) is 4.87. The second kappa shape index (κ2) is 14.5. The molecule has 1 aliphatic heterocycles. The van der Waals surface area contributed by atoms with Crippen LogP contribution in [-0.4, -0.2) is 93.7 Å². The van der Waals surface area contributed by atoms with Crippen molar-refractivity contribution in [1.82, 2.24) is 20.1 Å². The minimum Gasteiger partial charge on any atom is -0.481 e.